The molecule has 1 heterocycles. The molecular formula is C21H22N2O5S2. The Morgan fingerprint density at radius 2 is 1.83 bits per heavy atom. The minimum absolute atomic E-state index is 0.232. The third-order valence-corrected chi connectivity index (χ3v) is 6.92. The van der Waals surface area contributed by atoms with Crippen molar-refractivity contribution >= 4 is 33.0 Å². The molecule has 0 unspecified atom stereocenters. The molecule has 0 aliphatic heterocycles. The van der Waals surface area contributed by atoms with Gasteiger partial charge in [0.2, 0.25) is 0 Å². The van der Waals surface area contributed by atoms with Crippen LogP contribution < -0.4 is 19.5 Å². The summed E-state index contributed by atoms with van der Waals surface area (Å²) in [6.45, 7) is 2.74. The molecule has 1 aromatic heterocycles. The van der Waals surface area contributed by atoms with Gasteiger partial charge in [-0.3, -0.25) is 9.52 Å². The average Bonchev–Trinajstić information content (AvgIpc) is 3.29. The Morgan fingerprint density at radius 1 is 1.07 bits per heavy atom. The van der Waals surface area contributed by atoms with Crippen LogP contribution in [0.5, 0.6) is 11.5 Å². The van der Waals surface area contributed by atoms with E-state index in [4.69, 9.17) is 9.47 Å². The smallest absolute Gasteiger partial charge is 0.271 e. The second-order valence-corrected chi connectivity index (χ2v) is 9.07. The fourth-order valence-corrected chi connectivity index (χ4v) is 4.74. The number of hydrogen-bond donors (Lipinski definition) is 2. The summed E-state index contributed by atoms with van der Waals surface area (Å²) in [6.07, 6.45) is 0. The Balaban J connectivity index is 1.61. The molecule has 0 atom stereocenters. The van der Waals surface area contributed by atoms with E-state index in [0.717, 1.165) is 16.9 Å². The summed E-state index contributed by atoms with van der Waals surface area (Å²) in [6, 6.07) is 14.9. The second-order valence-electron chi connectivity index (χ2n) is 6.22. The molecule has 7 nitrogen and oxygen atoms in total. The Morgan fingerprint density at radius 3 is 2.47 bits per heavy atom. The van der Waals surface area contributed by atoms with E-state index < -0.39 is 10.0 Å². The van der Waals surface area contributed by atoms with E-state index in [1.807, 2.05) is 19.1 Å². The van der Waals surface area contributed by atoms with E-state index in [2.05, 4.69) is 10.0 Å². The number of methoxy groups -OCH3 is 1. The van der Waals surface area contributed by atoms with Crippen molar-refractivity contribution in [2.75, 3.05) is 18.4 Å². The zero-order valence-corrected chi connectivity index (χ0v) is 18.2. The highest BCUT2D eigenvalue weighted by Crippen LogP contribution is 2.28. The molecule has 0 saturated carbocycles. The maximum absolute atomic E-state index is 12.4. The highest BCUT2D eigenvalue weighted by Gasteiger charge is 2.15. The Hall–Kier alpha value is -3.04. The molecule has 30 heavy (non-hydrogen) atoms. The lowest BCUT2D eigenvalue weighted by Crippen LogP contribution is -2.22. The van der Waals surface area contributed by atoms with E-state index in [9.17, 15) is 13.2 Å². The summed E-state index contributed by atoms with van der Waals surface area (Å²) in [5, 5.41) is 4.53. The molecule has 0 spiro atoms. The summed E-state index contributed by atoms with van der Waals surface area (Å²) in [4.78, 5) is 12.4. The van der Waals surface area contributed by atoms with Crippen molar-refractivity contribution in [2.45, 2.75) is 17.7 Å². The van der Waals surface area contributed by atoms with E-state index in [0.29, 0.717) is 35.9 Å². The molecule has 0 saturated heterocycles. The fourth-order valence-electron chi connectivity index (χ4n) is 2.69. The third-order valence-electron chi connectivity index (χ3n) is 4.14. The van der Waals surface area contributed by atoms with Gasteiger partial charge in [0.25, 0.3) is 15.9 Å². The van der Waals surface area contributed by atoms with E-state index in [-0.39, 0.29) is 10.1 Å². The lowest BCUT2D eigenvalue weighted by atomic mass is 10.1. The predicted octanol–water partition coefficient (Wildman–Crippen LogP) is 3.89. The zero-order valence-electron chi connectivity index (χ0n) is 16.5. The van der Waals surface area contributed by atoms with Crippen LogP contribution in [-0.4, -0.2) is 28.0 Å². The van der Waals surface area contributed by atoms with Gasteiger partial charge in [-0.25, -0.2) is 8.42 Å². The fraction of sp³-hybridized carbons (Fsp3) is 0.190. The highest BCUT2D eigenvalue weighted by atomic mass is 32.2. The second kappa shape index (κ2) is 9.64. The SMILES string of the molecule is CCOc1ccc(CNC(=O)c2ccc(NS(=O)(=O)c3cccs3)cc2)cc1OC. The van der Waals surface area contributed by atoms with Crippen LogP contribution >= 0.6 is 11.3 Å². The van der Waals surface area contributed by atoms with Crippen LogP contribution in [0.15, 0.2) is 64.2 Å². The lowest BCUT2D eigenvalue weighted by Gasteiger charge is -2.12. The van der Waals surface area contributed by atoms with Gasteiger partial charge in [-0.15, -0.1) is 11.3 Å². The van der Waals surface area contributed by atoms with E-state index >= 15 is 0 Å². The molecule has 0 aliphatic rings. The van der Waals surface area contributed by atoms with Gasteiger partial charge in [-0.2, -0.15) is 0 Å². The van der Waals surface area contributed by atoms with Crippen LogP contribution in [0.1, 0.15) is 22.8 Å². The first-order chi connectivity index (χ1) is 14.4. The van der Waals surface area contributed by atoms with Crippen LogP contribution in [0.2, 0.25) is 0 Å². The molecule has 3 rings (SSSR count). The normalized spacial score (nSPS) is 11.0. The number of carbonyl (C=O) groups excluding carboxylic acids is 1. The van der Waals surface area contributed by atoms with Gasteiger partial charge >= 0.3 is 0 Å². The van der Waals surface area contributed by atoms with Gasteiger partial charge in [0.15, 0.2) is 11.5 Å². The monoisotopic (exact) mass is 446 g/mol. The number of rotatable bonds is 9. The summed E-state index contributed by atoms with van der Waals surface area (Å²) in [5.74, 6) is 0.983. The van der Waals surface area contributed by atoms with Gasteiger partial charge in [0.1, 0.15) is 4.21 Å². The number of benzene rings is 2. The molecule has 0 fully saturated rings. The van der Waals surface area contributed by atoms with Crippen molar-refractivity contribution in [2.24, 2.45) is 0 Å². The summed E-state index contributed by atoms with van der Waals surface area (Å²) in [5.41, 5.74) is 1.67. The van der Waals surface area contributed by atoms with Crippen molar-refractivity contribution in [3.63, 3.8) is 0 Å². The first-order valence-electron chi connectivity index (χ1n) is 9.17. The largest absolute Gasteiger partial charge is 0.493 e. The molecule has 2 N–H and O–H groups in total. The number of anilines is 1. The molecule has 0 radical (unpaired) electrons. The first-order valence-corrected chi connectivity index (χ1v) is 11.5. The van der Waals surface area contributed by atoms with Crippen molar-refractivity contribution in [1.29, 1.82) is 0 Å². The molecular weight excluding hydrogens is 424 g/mol. The summed E-state index contributed by atoms with van der Waals surface area (Å²) < 4.78 is 38.1. The van der Waals surface area contributed by atoms with Crippen molar-refractivity contribution in [1.82, 2.24) is 5.32 Å². The van der Waals surface area contributed by atoms with Crippen LogP contribution in [0.4, 0.5) is 5.69 Å². The van der Waals surface area contributed by atoms with Crippen molar-refractivity contribution in [3.05, 3.63) is 71.1 Å². The topological polar surface area (TPSA) is 93.7 Å². The first kappa shape index (κ1) is 21.7. The number of sulfonamides is 1. The lowest BCUT2D eigenvalue weighted by molar-refractivity contribution is 0.0951. The van der Waals surface area contributed by atoms with Gasteiger partial charge in [-0.1, -0.05) is 12.1 Å². The van der Waals surface area contributed by atoms with Crippen molar-refractivity contribution in [3.8, 4) is 11.5 Å². The Kier molecular flexibility index (Phi) is 6.96. The number of thiophene rings is 1. The molecule has 0 aliphatic carbocycles. The summed E-state index contributed by atoms with van der Waals surface area (Å²) >= 11 is 1.14. The summed E-state index contributed by atoms with van der Waals surface area (Å²) in [7, 11) is -2.05. The van der Waals surface area contributed by atoms with Gasteiger partial charge in [0, 0.05) is 17.8 Å². The zero-order chi connectivity index (χ0) is 21.6. The molecule has 0 bridgehead atoms. The Bertz CT molecular complexity index is 1090. The number of carbonyl (C=O) groups is 1. The van der Waals surface area contributed by atoms with Crippen molar-refractivity contribution < 1.29 is 22.7 Å². The van der Waals surface area contributed by atoms with Gasteiger partial charge in [-0.05, 0) is 60.3 Å². The van der Waals surface area contributed by atoms with Gasteiger partial charge < -0.3 is 14.8 Å². The minimum atomic E-state index is -3.62. The number of amides is 1. The quantitative estimate of drug-likeness (QED) is 0.520. The maximum atomic E-state index is 12.4. The van der Waals surface area contributed by atoms with Crippen LogP contribution in [0.3, 0.4) is 0 Å². The van der Waals surface area contributed by atoms with Crippen LogP contribution in [0, 0.1) is 0 Å². The number of nitrogens with one attached hydrogen (secondary N) is 2. The highest BCUT2D eigenvalue weighted by molar-refractivity contribution is 7.94. The minimum Gasteiger partial charge on any atom is -0.493 e. The number of hydrogen-bond acceptors (Lipinski definition) is 6. The van der Waals surface area contributed by atoms with Gasteiger partial charge in [0.05, 0.1) is 13.7 Å². The van der Waals surface area contributed by atoms with Crippen LogP contribution in [-0.2, 0) is 16.6 Å². The average molecular weight is 447 g/mol. The molecule has 2 aromatic carbocycles. The third kappa shape index (κ3) is 5.31. The molecule has 1 amide bonds. The predicted molar refractivity (Wildman–Crippen MR) is 117 cm³/mol. The van der Waals surface area contributed by atoms with Crippen LogP contribution in [0.25, 0.3) is 0 Å². The molecule has 3 aromatic rings. The molecule has 9 heteroatoms. The maximum Gasteiger partial charge on any atom is 0.271 e. The van der Waals surface area contributed by atoms with E-state index in [1.54, 1.807) is 48.9 Å². The Labute approximate surface area is 179 Å². The number of ether oxygens (including phenoxy) is 2. The van der Waals surface area contributed by atoms with E-state index in [1.165, 1.54) is 6.07 Å². The standard InChI is InChI=1S/C21H22N2O5S2/c1-3-28-18-11-6-15(13-19(18)27-2)14-22-21(24)16-7-9-17(10-8-16)23-30(25,26)20-5-4-12-29-20/h4-13,23H,3,14H2,1-2H3,(H,22,24). The molecule has 158 valence electrons.